The molecule has 3 rings (SSSR count). The van der Waals surface area contributed by atoms with Crippen molar-refractivity contribution in [3.8, 4) is 0 Å². The maximum atomic E-state index is 11.9. The van der Waals surface area contributed by atoms with Gasteiger partial charge in [0.15, 0.2) is 9.84 Å². The van der Waals surface area contributed by atoms with E-state index >= 15 is 0 Å². The van der Waals surface area contributed by atoms with Crippen molar-refractivity contribution in [2.24, 2.45) is 0 Å². The molecule has 1 saturated carbocycles. The molecule has 1 aromatic rings. The van der Waals surface area contributed by atoms with Gasteiger partial charge in [-0.3, -0.25) is 0 Å². The second-order valence-corrected chi connectivity index (χ2v) is 8.02. The number of ether oxygens (including phenoxy) is 1. The molecule has 1 atom stereocenters. The van der Waals surface area contributed by atoms with Gasteiger partial charge in [-0.05, 0) is 25.7 Å². The third-order valence-electron chi connectivity index (χ3n) is 4.51. The Hall–Kier alpha value is -0.950. The van der Waals surface area contributed by atoms with E-state index in [1.54, 1.807) is 7.11 Å². The summed E-state index contributed by atoms with van der Waals surface area (Å²) in [6.45, 7) is 0. The van der Waals surface area contributed by atoms with E-state index in [0.29, 0.717) is 18.7 Å². The monoisotopic (exact) mass is 300 g/mol. The smallest absolute Gasteiger partial charge is 0.245 e. The Bertz CT molecular complexity index is 575. The molecular formula is C13H20N2O4S. The van der Waals surface area contributed by atoms with E-state index < -0.39 is 20.7 Å². The summed E-state index contributed by atoms with van der Waals surface area (Å²) in [6, 6.07) is 0. The molecule has 7 heteroatoms. The Labute approximate surface area is 118 Å². The van der Waals surface area contributed by atoms with Crippen molar-refractivity contribution >= 4 is 9.84 Å². The lowest BCUT2D eigenvalue weighted by Crippen LogP contribution is -2.32. The third-order valence-corrected chi connectivity index (χ3v) is 6.67. The van der Waals surface area contributed by atoms with Crippen molar-refractivity contribution in [3.05, 3.63) is 11.7 Å². The van der Waals surface area contributed by atoms with Gasteiger partial charge < -0.3 is 9.26 Å². The average molecular weight is 300 g/mol. The first-order valence-electron chi connectivity index (χ1n) is 7.18. The van der Waals surface area contributed by atoms with Gasteiger partial charge in [0.05, 0.1) is 5.75 Å². The van der Waals surface area contributed by atoms with Gasteiger partial charge in [-0.1, -0.05) is 24.4 Å². The minimum atomic E-state index is -3.12. The van der Waals surface area contributed by atoms with Crippen molar-refractivity contribution in [2.75, 3.05) is 12.9 Å². The van der Waals surface area contributed by atoms with E-state index in [1.807, 2.05) is 0 Å². The van der Waals surface area contributed by atoms with E-state index in [-0.39, 0.29) is 11.6 Å². The fourth-order valence-corrected chi connectivity index (χ4v) is 5.04. The van der Waals surface area contributed by atoms with Crippen LogP contribution in [0.15, 0.2) is 4.52 Å². The molecule has 1 aliphatic carbocycles. The molecule has 2 fully saturated rings. The highest BCUT2D eigenvalue weighted by atomic mass is 32.2. The SMILES string of the molecule is COC1(c2noc(C3CCCS3(=O)=O)n2)CCCCC1. The Morgan fingerprint density at radius 1 is 1.25 bits per heavy atom. The van der Waals surface area contributed by atoms with Gasteiger partial charge in [-0.2, -0.15) is 4.98 Å². The van der Waals surface area contributed by atoms with Crippen molar-refractivity contribution in [1.29, 1.82) is 0 Å². The summed E-state index contributed by atoms with van der Waals surface area (Å²) in [6.07, 6.45) is 6.29. The van der Waals surface area contributed by atoms with Crippen molar-refractivity contribution in [3.63, 3.8) is 0 Å². The Morgan fingerprint density at radius 2 is 2.00 bits per heavy atom. The molecule has 1 aliphatic heterocycles. The second kappa shape index (κ2) is 5.11. The van der Waals surface area contributed by atoms with Gasteiger partial charge in [-0.15, -0.1) is 0 Å². The Balaban J connectivity index is 1.90. The number of hydrogen-bond acceptors (Lipinski definition) is 6. The van der Waals surface area contributed by atoms with E-state index in [4.69, 9.17) is 9.26 Å². The number of aromatic nitrogens is 2. The first-order chi connectivity index (χ1) is 9.57. The molecule has 2 aliphatic rings. The lowest BCUT2D eigenvalue weighted by atomic mass is 9.84. The Kier molecular flexibility index (Phi) is 3.58. The molecule has 1 saturated heterocycles. The van der Waals surface area contributed by atoms with Crippen molar-refractivity contribution in [1.82, 2.24) is 10.1 Å². The molecule has 0 spiro atoms. The topological polar surface area (TPSA) is 82.3 Å². The maximum absolute atomic E-state index is 11.9. The molecule has 2 heterocycles. The molecule has 0 N–H and O–H groups in total. The summed E-state index contributed by atoms with van der Waals surface area (Å²) < 4.78 is 34.8. The fraction of sp³-hybridized carbons (Fsp3) is 0.846. The normalized spacial score (nSPS) is 28.6. The van der Waals surface area contributed by atoms with Gasteiger partial charge in [0.1, 0.15) is 10.9 Å². The van der Waals surface area contributed by atoms with Crippen LogP contribution < -0.4 is 0 Å². The van der Waals surface area contributed by atoms with Gasteiger partial charge in [0.2, 0.25) is 11.7 Å². The fourth-order valence-electron chi connectivity index (χ4n) is 3.26. The number of hydrogen-bond donors (Lipinski definition) is 0. The third kappa shape index (κ3) is 2.26. The Morgan fingerprint density at radius 3 is 2.60 bits per heavy atom. The summed E-state index contributed by atoms with van der Waals surface area (Å²) in [5.74, 6) is 0.960. The van der Waals surface area contributed by atoms with Crippen LogP contribution in [0.5, 0.6) is 0 Å². The van der Waals surface area contributed by atoms with E-state index in [9.17, 15) is 8.42 Å². The van der Waals surface area contributed by atoms with Crippen LogP contribution in [0, 0.1) is 0 Å². The molecule has 6 nitrogen and oxygen atoms in total. The molecular weight excluding hydrogens is 280 g/mol. The summed E-state index contributed by atoms with van der Waals surface area (Å²) in [7, 11) is -1.46. The number of rotatable bonds is 3. The van der Waals surface area contributed by atoms with Crippen molar-refractivity contribution in [2.45, 2.75) is 55.8 Å². The van der Waals surface area contributed by atoms with E-state index in [1.165, 1.54) is 6.42 Å². The van der Waals surface area contributed by atoms with Crippen LogP contribution >= 0.6 is 0 Å². The van der Waals surface area contributed by atoms with Crippen LogP contribution in [0.3, 0.4) is 0 Å². The van der Waals surface area contributed by atoms with Crippen LogP contribution in [0.1, 0.15) is 61.9 Å². The second-order valence-electron chi connectivity index (χ2n) is 5.71. The van der Waals surface area contributed by atoms with E-state index in [0.717, 1.165) is 25.7 Å². The molecule has 20 heavy (non-hydrogen) atoms. The highest BCUT2D eigenvalue weighted by Gasteiger charge is 2.42. The lowest BCUT2D eigenvalue weighted by molar-refractivity contribution is -0.0527. The standard InChI is InChI=1S/C13H20N2O4S/c1-18-13(7-3-2-4-8-13)12-14-11(19-15-12)10-6-5-9-20(10,16)17/h10H,2-9H2,1H3. The van der Waals surface area contributed by atoms with Gasteiger partial charge >= 0.3 is 0 Å². The lowest BCUT2D eigenvalue weighted by Gasteiger charge is -2.32. The number of methoxy groups -OCH3 is 1. The molecule has 1 aromatic heterocycles. The molecule has 0 aromatic carbocycles. The highest BCUT2D eigenvalue weighted by Crippen LogP contribution is 2.40. The van der Waals surface area contributed by atoms with Crippen LogP contribution in [0.2, 0.25) is 0 Å². The van der Waals surface area contributed by atoms with Crippen molar-refractivity contribution < 1.29 is 17.7 Å². The minimum absolute atomic E-state index is 0.213. The zero-order valence-electron chi connectivity index (χ0n) is 11.7. The molecule has 0 amide bonds. The quantitative estimate of drug-likeness (QED) is 0.850. The first kappa shape index (κ1) is 14.0. The van der Waals surface area contributed by atoms with Crippen LogP contribution in [-0.4, -0.2) is 31.4 Å². The predicted octanol–water partition coefficient (Wildman–Crippen LogP) is 2.13. The maximum Gasteiger partial charge on any atom is 0.245 e. The minimum Gasteiger partial charge on any atom is -0.370 e. The highest BCUT2D eigenvalue weighted by molar-refractivity contribution is 7.91. The molecule has 112 valence electrons. The number of sulfone groups is 1. The van der Waals surface area contributed by atoms with Crippen LogP contribution in [0.4, 0.5) is 0 Å². The molecule has 1 unspecified atom stereocenters. The predicted molar refractivity (Wildman–Crippen MR) is 71.8 cm³/mol. The average Bonchev–Trinajstić information content (AvgIpc) is 3.05. The molecule has 0 radical (unpaired) electrons. The zero-order chi connectivity index (χ0) is 14.2. The largest absolute Gasteiger partial charge is 0.370 e. The summed E-state index contributed by atoms with van der Waals surface area (Å²) >= 11 is 0. The zero-order valence-corrected chi connectivity index (χ0v) is 12.5. The van der Waals surface area contributed by atoms with Gasteiger partial charge in [0.25, 0.3) is 0 Å². The van der Waals surface area contributed by atoms with Crippen LogP contribution in [0.25, 0.3) is 0 Å². The first-order valence-corrected chi connectivity index (χ1v) is 8.90. The summed E-state index contributed by atoms with van der Waals surface area (Å²) in [5.41, 5.74) is -0.498. The summed E-state index contributed by atoms with van der Waals surface area (Å²) in [5, 5.41) is 3.39. The van der Waals surface area contributed by atoms with Crippen LogP contribution in [-0.2, 0) is 20.2 Å². The summed E-state index contributed by atoms with van der Waals surface area (Å²) in [4.78, 5) is 4.37. The molecule has 0 bridgehead atoms. The van der Waals surface area contributed by atoms with Gasteiger partial charge in [0, 0.05) is 7.11 Å². The van der Waals surface area contributed by atoms with Gasteiger partial charge in [-0.25, -0.2) is 8.42 Å². The van der Waals surface area contributed by atoms with E-state index in [2.05, 4.69) is 10.1 Å². The number of nitrogens with zero attached hydrogens (tertiary/aromatic N) is 2.